The molecule has 2 rings (SSSR count). The maximum absolute atomic E-state index is 10.7. The Labute approximate surface area is 95.4 Å². The highest BCUT2D eigenvalue weighted by atomic mass is 16.5. The van der Waals surface area contributed by atoms with Crippen LogP contribution >= 0.6 is 0 Å². The summed E-state index contributed by atoms with van der Waals surface area (Å²) in [6, 6.07) is 6.26. The van der Waals surface area contributed by atoms with Crippen LogP contribution in [0.3, 0.4) is 0 Å². The Balaban J connectivity index is 2.30. The minimum Gasteiger partial charge on any atom is -0.482 e. The number of carbonyl (C=O) groups is 2. The second-order valence-corrected chi connectivity index (χ2v) is 3.42. The molecule has 1 aromatic heterocycles. The highest BCUT2D eigenvalue weighted by molar-refractivity contribution is 5.94. The van der Waals surface area contributed by atoms with E-state index in [0.717, 1.165) is 0 Å². The largest absolute Gasteiger partial charge is 0.482 e. The van der Waals surface area contributed by atoms with E-state index in [-0.39, 0.29) is 5.69 Å². The van der Waals surface area contributed by atoms with Gasteiger partial charge < -0.3 is 19.9 Å². The van der Waals surface area contributed by atoms with Gasteiger partial charge in [0.25, 0.3) is 0 Å². The van der Waals surface area contributed by atoms with Gasteiger partial charge in [0.1, 0.15) is 11.4 Å². The summed E-state index contributed by atoms with van der Waals surface area (Å²) in [7, 11) is 0. The quantitative estimate of drug-likeness (QED) is 0.742. The van der Waals surface area contributed by atoms with Crippen molar-refractivity contribution in [2.75, 3.05) is 6.61 Å². The molecule has 0 aliphatic rings. The molecule has 0 amide bonds. The lowest BCUT2D eigenvalue weighted by molar-refractivity contribution is -0.139. The summed E-state index contributed by atoms with van der Waals surface area (Å²) in [5, 5.41) is 17.9. The number of fused-ring (bicyclic) bond motifs is 1. The van der Waals surface area contributed by atoms with Gasteiger partial charge in [0, 0.05) is 10.9 Å². The molecule has 0 saturated carbocycles. The topological polar surface area (TPSA) is 99.6 Å². The number of carboxylic acids is 2. The first-order valence-corrected chi connectivity index (χ1v) is 4.77. The van der Waals surface area contributed by atoms with Crippen LogP contribution in [0, 0.1) is 0 Å². The van der Waals surface area contributed by atoms with E-state index in [2.05, 4.69) is 4.98 Å². The molecule has 2 aromatic rings. The first kappa shape index (κ1) is 11.0. The smallest absolute Gasteiger partial charge is 0.352 e. The number of aromatic amines is 1. The SMILES string of the molecule is O=C(O)COc1ccc2[nH]c(C(=O)O)cc2c1. The average molecular weight is 235 g/mol. The normalized spacial score (nSPS) is 10.4. The summed E-state index contributed by atoms with van der Waals surface area (Å²) < 4.78 is 4.98. The van der Waals surface area contributed by atoms with E-state index in [1.54, 1.807) is 18.2 Å². The van der Waals surface area contributed by atoms with E-state index in [1.807, 2.05) is 0 Å². The fourth-order valence-corrected chi connectivity index (χ4v) is 1.46. The molecule has 0 aliphatic carbocycles. The molecule has 3 N–H and O–H groups in total. The van der Waals surface area contributed by atoms with Crippen LogP contribution in [0.1, 0.15) is 10.5 Å². The van der Waals surface area contributed by atoms with Crippen LogP contribution in [-0.2, 0) is 4.79 Å². The Kier molecular flexibility index (Phi) is 2.70. The number of nitrogens with one attached hydrogen (secondary N) is 1. The van der Waals surface area contributed by atoms with Crippen molar-refractivity contribution in [2.45, 2.75) is 0 Å². The molecular formula is C11H9NO5. The van der Waals surface area contributed by atoms with Gasteiger partial charge in [-0.2, -0.15) is 0 Å². The van der Waals surface area contributed by atoms with Gasteiger partial charge in [-0.05, 0) is 24.3 Å². The number of ether oxygens (including phenoxy) is 1. The fourth-order valence-electron chi connectivity index (χ4n) is 1.46. The van der Waals surface area contributed by atoms with E-state index >= 15 is 0 Å². The molecule has 0 saturated heterocycles. The lowest BCUT2D eigenvalue weighted by Crippen LogP contribution is -2.09. The molecule has 6 nitrogen and oxygen atoms in total. The molecule has 0 spiro atoms. The number of aromatic nitrogens is 1. The van der Waals surface area contributed by atoms with E-state index in [1.165, 1.54) is 6.07 Å². The first-order chi connectivity index (χ1) is 8.06. The molecular weight excluding hydrogens is 226 g/mol. The summed E-state index contributed by atoms with van der Waals surface area (Å²) >= 11 is 0. The number of aromatic carboxylic acids is 1. The number of hydrogen-bond donors (Lipinski definition) is 3. The molecule has 88 valence electrons. The standard InChI is InChI=1S/C11H9NO5/c13-10(14)5-17-7-1-2-8-6(3-7)4-9(12-8)11(15)16/h1-4,12H,5H2,(H,13,14)(H,15,16). The number of rotatable bonds is 4. The van der Waals surface area contributed by atoms with Crippen LogP contribution in [0.2, 0.25) is 0 Å². The van der Waals surface area contributed by atoms with Gasteiger partial charge in [-0.3, -0.25) is 0 Å². The molecule has 1 aromatic carbocycles. The van der Waals surface area contributed by atoms with E-state index < -0.39 is 18.5 Å². The van der Waals surface area contributed by atoms with Crippen LogP contribution in [0.15, 0.2) is 24.3 Å². The Bertz CT molecular complexity index is 587. The maximum atomic E-state index is 10.7. The Morgan fingerprint density at radius 1 is 1.24 bits per heavy atom. The minimum atomic E-state index is -1.06. The van der Waals surface area contributed by atoms with Crippen molar-refractivity contribution < 1.29 is 24.5 Å². The van der Waals surface area contributed by atoms with Crippen molar-refractivity contribution in [3.8, 4) is 5.75 Å². The highest BCUT2D eigenvalue weighted by Crippen LogP contribution is 2.21. The fraction of sp³-hybridized carbons (Fsp3) is 0.0909. The van der Waals surface area contributed by atoms with Crippen molar-refractivity contribution in [3.05, 3.63) is 30.0 Å². The van der Waals surface area contributed by atoms with Gasteiger partial charge in [-0.15, -0.1) is 0 Å². The maximum Gasteiger partial charge on any atom is 0.352 e. The van der Waals surface area contributed by atoms with Gasteiger partial charge in [-0.25, -0.2) is 9.59 Å². The van der Waals surface area contributed by atoms with Gasteiger partial charge in [0.05, 0.1) is 0 Å². The number of carboxylic acid groups (broad SMARTS) is 2. The molecule has 6 heteroatoms. The lowest BCUT2D eigenvalue weighted by Gasteiger charge is -2.02. The Hall–Kier alpha value is -2.50. The molecule has 0 aliphatic heterocycles. The van der Waals surface area contributed by atoms with Crippen molar-refractivity contribution in [1.29, 1.82) is 0 Å². The third-order valence-electron chi connectivity index (χ3n) is 2.18. The molecule has 0 unspecified atom stereocenters. The zero-order chi connectivity index (χ0) is 12.4. The van der Waals surface area contributed by atoms with Gasteiger partial charge in [-0.1, -0.05) is 0 Å². The second-order valence-electron chi connectivity index (χ2n) is 3.42. The number of hydrogen-bond acceptors (Lipinski definition) is 3. The monoisotopic (exact) mass is 235 g/mol. The van der Waals surface area contributed by atoms with Crippen LogP contribution in [0.5, 0.6) is 5.75 Å². The molecule has 0 atom stereocenters. The third kappa shape index (κ3) is 2.36. The number of H-pyrrole nitrogens is 1. The molecule has 0 radical (unpaired) electrons. The third-order valence-corrected chi connectivity index (χ3v) is 2.18. The van der Waals surface area contributed by atoms with Crippen molar-refractivity contribution in [1.82, 2.24) is 4.98 Å². The summed E-state index contributed by atoms with van der Waals surface area (Å²) in [6.45, 7) is -0.429. The minimum absolute atomic E-state index is 0.0791. The highest BCUT2D eigenvalue weighted by Gasteiger charge is 2.08. The molecule has 0 bridgehead atoms. The van der Waals surface area contributed by atoms with E-state index in [9.17, 15) is 9.59 Å². The summed E-state index contributed by atoms with van der Waals surface area (Å²) in [6.07, 6.45) is 0. The van der Waals surface area contributed by atoms with E-state index in [0.29, 0.717) is 16.7 Å². The van der Waals surface area contributed by atoms with E-state index in [4.69, 9.17) is 14.9 Å². The van der Waals surface area contributed by atoms with Crippen LogP contribution in [0.4, 0.5) is 0 Å². The van der Waals surface area contributed by atoms with Crippen LogP contribution < -0.4 is 4.74 Å². The van der Waals surface area contributed by atoms with Crippen molar-refractivity contribution >= 4 is 22.8 Å². The van der Waals surface area contributed by atoms with Crippen LogP contribution in [-0.4, -0.2) is 33.7 Å². The summed E-state index contributed by atoms with van der Waals surface area (Å²) in [4.78, 5) is 23.8. The number of benzene rings is 1. The number of aliphatic carboxylic acids is 1. The average Bonchev–Trinajstić information content (AvgIpc) is 2.69. The van der Waals surface area contributed by atoms with Gasteiger partial charge >= 0.3 is 11.9 Å². The lowest BCUT2D eigenvalue weighted by atomic mass is 10.2. The van der Waals surface area contributed by atoms with Crippen LogP contribution in [0.25, 0.3) is 10.9 Å². The molecule has 1 heterocycles. The van der Waals surface area contributed by atoms with Crippen molar-refractivity contribution in [3.63, 3.8) is 0 Å². The molecule has 17 heavy (non-hydrogen) atoms. The predicted octanol–water partition coefficient (Wildman–Crippen LogP) is 1.33. The summed E-state index contributed by atoms with van der Waals surface area (Å²) in [5.41, 5.74) is 0.737. The molecule has 0 fully saturated rings. The van der Waals surface area contributed by atoms with Gasteiger partial charge in [0.2, 0.25) is 0 Å². The van der Waals surface area contributed by atoms with Crippen molar-refractivity contribution in [2.24, 2.45) is 0 Å². The predicted molar refractivity (Wildman–Crippen MR) is 58.4 cm³/mol. The van der Waals surface area contributed by atoms with Gasteiger partial charge in [0.15, 0.2) is 6.61 Å². The first-order valence-electron chi connectivity index (χ1n) is 4.77. The zero-order valence-corrected chi connectivity index (χ0v) is 8.64. The zero-order valence-electron chi connectivity index (χ0n) is 8.64. The Morgan fingerprint density at radius 2 is 2.00 bits per heavy atom. The summed E-state index contributed by atoms with van der Waals surface area (Å²) in [5.74, 6) is -1.73. The Morgan fingerprint density at radius 3 is 2.65 bits per heavy atom. The second kappa shape index (κ2) is 4.17.